The first-order chi connectivity index (χ1) is 10.3. The van der Waals surface area contributed by atoms with E-state index in [1.807, 2.05) is 0 Å². The average molecular weight is 313 g/mol. The zero-order valence-corrected chi connectivity index (χ0v) is 11.2. The van der Waals surface area contributed by atoms with Crippen molar-refractivity contribution in [1.29, 1.82) is 0 Å². The molecule has 0 saturated heterocycles. The standard InChI is InChI=1S/C15H11F4NO2/c16-11-8-9(3-4-10(11)15(17,18)19)14(21)5-7-22-12-2-1-6-20-13(12)14/h1-4,6,8,21H,5,7H2. The number of aliphatic hydroxyl groups is 1. The molecule has 3 nitrogen and oxygen atoms in total. The van der Waals surface area contributed by atoms with Gasteiger partial charge in [-0.15, -0.1) is 0 Å². The van der Waals surface area contributed by atoms with E-state index < -0.39 is 23.2 Å². The van der Waals surface area contributed by atoms with E-state index in [1.54, 1.807) is 12.1 Å². The zero-order chi connectivity index (χ0) is 16.0. The molecule has 1 atom stereocenters. The molecule has 2 aromatic rings. The predicted molar refractivity (Wildman–Crippen MR) is 68.7 cm³/mol. The van der Waals surface area contributed by atoms with E-state index in [2.05, 4.69) is 4.98 Å². The quantitative estimate of drug-likeness (QED) is 0.822. The summed E-state index contributed by atoms with van der Waals surface area (Å²) in [5.41, 5.74) is -2.87. The number of nitrogens with zero attached hydrogens (tertiary/aromatic N) is 1. The van der Waals surface area contributed by atoms with Gasteiger partial charge in [0.05, 0.1) is 12.2 Å². The lowest BCUT2D eigenvalue weighted by Gasteiger charge is -2.33. The van der Waals surface area contributed by atoms with Crippen molar-refractivity contribution in [2.45, 2.75) is 18.2 Å². The number of hydrogen-bond donors (Lipinski definition) is 1. The number of ether oxygens (including phenoxy) is 1. The van der Waals surface area contributed by atoms with Crippen molar-refractivity contribution in [2.24, 2.45) is 0 Å². The van der Waals surface area contributed by atoms with E-state index in [0.717, 1.165) is 6.07 Å². The van der Waals surface area contributed by atoms with Crippen LogP contribution in [0, 0.1) is 5.82 Å². The minimum atomic E-state index is -4.78. The fourth-order valence-corrected chi connectivity index (χ4v) is 2.53. The highest BCUT2D eigenvalue weighted by Gasteiger charge is 2.41. The molecule has 7 heteroatoms. The lowest BCUT2D eigenvalue weighted by Crippen LogP contribution is -2.35. The van der Waals surface area contributed by atoms with E-state index in [0.29, 0.717) is 17.9 Å². The molecule has 0 amide bonds. The first-order valence-corrected chi connectivity index (χ1v) is 6.50. The van der Waals surface area contributed by atoms with Crippen LogP contribution in [0.1, 0.15) is 23.2 Å². The third kappa shape index (κ3) is 2.31. The summed E-state index contributed by atoms with van der Waals surface area (Å²) in [5, 5.41) is 10.8. The van der Waals surface area contributed by atoms with Crippen LogP contribution in [0.2, 0.25) is 0 Å². The van der Waals surface area contributed by atoms with Gasteiger partial charge in [0.25, 0.3) is 0 Å². The van der Waals surface area contributed by atoms with E-state index in [4.69, 9.17) is 4.74 Å². The van der Waals surface area contributed by atoms with Crippen molar-refractivity contribution in [3.63, 3.8) is 0 Å². The summed E-state index contributed by atoms with van der Waals surface area (Å²) in [6, 6.07) is 5.59. The lowest BCUT2D eigenvalue weighted by molar-refractivity contribution is -0.140. The SMILES string of the molecule is OC1(c2ccc(C(F)(F)F)c(F)c2)CCOc2cccnc21. The summed E-state index contributed by atoms with van der Waals surface area (Å²) in [6.07, 6.45) is -3.28. The number of rotatable bonds is 1. The van der Waals surface area contributed by atoms with Crippen molar-refractivity contribution in [3.05, 3.63) is 59.2 Å². The second kappa shape index (κ2) is 4.95. The molecule has 116 valence electrons. The predicted octanol–water partition coefficient (Wildman–Crippen LogP) is 3.26. The zero-order valence-electron chi connectivity index (χ0n) is 11.2. The first kappa shape index (κ1) is 14.8. The van der Waals surface area contributed by atoms with Gasteiger partial charge in [-0.1, -0.05) is 6.07 Å². The highest BCUT2D eigenvalue weighted by atomic mass is 19.4. The average Bonchev–Trinajstić information content (AvgIpc) is 2.46. The van der Waals surface area contributed by atoms with E-state index in [9.17, 15) is 22.7 Å². The molecule has 0 fully saturated rings. The number of fused-ring (bicyclic) bond motifs is 1. The molecule has 1 unspecified atom stereocenters. The van der Waals surface area contributed by atoms with Gasteiger partial charge in [0.1, 0.15) is 22.9 Å². The van der Waals surface area contributed by atoms with Gasteiger partial charge < -0.3 is 9.84 Å². The molecule has 0 radical (unpaired) electrons. The number of alkyl halides is 3. The Labute approximate surface area is 123 Å². The molecule has 0 bridgehead atoms. The van der Waals surface area contributed by atoms with E-state index >= 15 is 0 Å². The van der Waals surface area contributed by atoms with Crippen LogP contribution in [0.15, 0.2) is 36.5 Å². The maximum absolute atomic E-state index is 13.8. The van der Waals surface area contributed by atoms with Crippen LogP contribution in [-0.2, 0) is 11.8 Å². The van der Waals surface area contributed by atoms with Crippen molar-refractivity contribution in [3.8, 4) is 5.75 Å². The fraction of sp³-hybridized carbons (Fsp3) is 0.267. The van der Waals surface area contributed by atoms with Gasteiger partial charge in [-0.25, -0.2) is 4.39 Å². The normalized spacial score (nSPS) is 21.1. The molecule has 0 aliphatic carbocycles. The van der Waals surface area contributed by atoms with Crippen LogP contribution >= 0.6 is 0 Å². The van der Waals surface area contributed by atoms with Gasteiger partial charge in [0, 0.05) is 12.6 Å². The molecule has 1 aliphatic heterocycles. The molecular formula is C15H11F4NO2. The Morgan fingerprint density at radius 2 is 2.00 bits per heavy atom. The van der Waals surface area contributed by atoms with Crippen molar-refractivity contribution >= 4 is 0 Å². The van der Waals surface area contributed by atoms with Crippen molar-refractivity contribution < 1.29 is 27.4 Å². The van der Waals surface area contributed by atoms with E-state index in [-0.39, 0.29) is 24.3 Å². The van der Waals surface area contributed by atoms with Crippen LogP contribution in [0.3, 0.4) is 0 Å². The number of pyridine rings is 1. The second-order valence-corrected chi connectivity index (χ2v) is 5.00. The van der Waals surface area contributed by atoms with Crippen LogP contribution in [0.5, 0.6) is 5.75 Å². The topological polar surface area (TPSA) is 42.4 Å². The Morgan fingerprint density at radius 3 is 2.68 bits per heavy atom. The van der Waals surface area contributed by atoms with Gasteiger partial charge in [0.15, 0.2) is 0 Å². The molecule has 1 aromatic heterocycles. The molecule has 1 N–H and O–H groups in total. The molecule has 0 spiro atoms. The maximum Gasteiger partial charge on any atom is 0.419 e. The highest BCUT2D eigenvalue weighted by molar-refractivity contribution is 5.43. The second-order valence-electron chi connectivity index (χ2n) is 5.00. The molecule has 1 aromatic carbocycles. The van der Waals surface area contributed by atoms with Crippen LogP contribution < -0.4 is 4.74 Å². The largest absolute Gasteiger partial charge is 0.491 e. The third-order valence-corrected chi connectivity index (χ3v) is 3.64. The van der Waals surface area contributed by atoms with Crippen LogP contribution in [0.4, 0.5) is 17.6 Å². The maximum atomic E-state index is 13.8. The molecule has 0 saturated carbocycles. The molecule has 2 heterocycles. The monoisotopic (exact) mass is 313 g/mol. The minimum absolute atomic E-state index is 0.0150. The number of hydrogen-bond acceptors (Lipinski definition) is 3. The smallest absolute Gasteiger partial charge is 0.419 e. The fourth-order valence-electron chi connectivity index (χ4n) is 2.53. The molecule has 1 aliphatic rings. The third-order valence-electron chi connectivity index (χ3n) is 3.64. The highest BCUT2D eigenvalue weighted by Crippen LogP contribution is 2.41. The summed E-state index contributed by atoms with van der Waals surface area (Å²) >= 11 is 0. The Kier molecular flexibility index (Phi) is 3.32. The Bertz CT molecular complexity index is 717. The minimum Gasteiger partial charge on any atom is -0.491 e. The number of benzene rings is 1. The summed E-state index contributed by atoms with van der Waals surface area (Å²) < 4.78 is 57.0. The Morgan fingerprint density at radius 1 is 1.23 bits per heavy atom. The molecule has 22 heavy (non-hydrogen) atoms. The van der Waals surface area contributed by atoms with Crippen molar-refractivity contribution in [1.82, 2.24) is 4.98 Å². The van der Waals surface area contributed by atoms with Gasteiger partial charge in [-0.2, -0.15) is 13.2 Å². The summed E-state index contributed by atoms with van der Waals surface area (Å²) in [4.78, 5) is 4.03. The lowest BCUT2D eigenvalue weighted by atomic mass is 9.84. The summed E-state index contributed by atoms with van der Waals surface area (Å²) in [5.74, 6) is -1.10. The number of halogens is 4. The Balaban J connectivity index is 2.10. The van der Waals surface area contributed by atoms with Gasteiger partial charge in [-0.3, -0.25) is 4.98 Å². The van der Waals surface area contributed by atoms with E-state index in [1.165, 1.54) is 6.20 Å². The van der Waals surface area contributed by atoms with Gasteiger partial charge in [-0.05, 0) is 29.8 Å². The Hall–Kier alpha value is -2.15. The van der Waals surface area contributed by atoms with Gasteiger partial charge in [0.2, 0.25) is 0 Å². The summed E-state index contributed by atoms with van der Waals surface area (Å²) in [7, 11) is 0. The van der Waals surface area contributed by atoms with Crippen LogP contribution in [0.25, 0.3) is 0 Å². The van der Waals surface area contributed by atoms with Crippen LogP contribution in [-0.4, -0.2) is 16.7 Å². The molecular weight excluding hydrogens is 302 g/mol. The first-order valence-electron chi connectivity index (χ1n) is 6.50. The number of aromatic nitrogens is 1. The van der Waals surface area contributed by atoms with Crippen molar-refractivity contribution in [2.75, 3.05) is 6.61 Å². The summed E-state index contributed by atoms with van der Waals surface area (Å²) in [6.45, 7) is 0.151. The van der Waals surface area contributed by atoms with Gasteiger partial charge >= 0.3 is 6.18 Å². The molecule has 3 rings (SSSR count).